The van der Waals surface area contributed by atoms with Crippen molar-refractivity contribution in [3.05, 3.63) is 30.3 Å². The van der Waals surface area contributed by atoms with Gasteiger partial charge in [-0.05, 0) is 26.0 Å². The fourth-order valence-corrected chi connectivity index (χ4v) is 2.34. The van der Waals surface area contributed by atoms with E-state index in [1.807, 2.05) is 18.2 Å². The highest BCUT2D eigenvalue weighted by Crippen LogP contribution is 2.31. The molecule has 0 saturated heterocycles. The summed E-state index contributed by atoms with van der Waals surface area (Å²) in [5, 5.41) is 5.12. The molecule has 0 aromatic heterocycles. The van der Waals surface area contributed by atoms with Crippen molar-refractivity contribution in [3.8, 4) is 0 Å². The van der Waals surface area contributed by atoms with Crippen LogP contribution in [0, 0.1) is 0 Å². The second-order valence-electron chi connectivity index (χ2n) is 3.93. The Bertz CT molecular complexity index is 346. The fourth-order valence-electron chi connectivity index (χ4n) is 1.28. The third-order valence-corrected chi connectivity index (χ3v) is 2.91. The standard InChI is InChI=1S/C11H13NOS/c1-11(2)8-10(12-13-11)14-9-6-4-3-5-7-9/h3-7H,8H2,1-2H3. The Labute approximate surface area is 88.3 Å². The van der Waals surface area contributed by atoms with Gasteiger partial charge in [-0.3, -0.25) is 0 Å². The molecule has 0 unspecified atom stereocenters. The predicted octanol–water partition coefficient (Wildman–Crippen LogP) is 3.29. The first-order valence-electron chi connectivity index (χ1n) is 4.64. The molecule has 1 aromatic rings. The molecule has 0 aliphatic carbocycles. The average Bonchev–Trinajstić information content (AvgIpc) is 2.47. The van der Waals surface area contributed by atoms with Crippen LogP contribution in [0.2, 0.25) is 0 Å². The monoisotopic (exact) mass is 207 g/mol. The van der Waals surface area contributed by atoms with E-state index in [9.17, 15) is 0 Å². The van der Waals surface area contributed by atoms with Crippen LogP contribution < -0.4 is 0 Å². The lowest BCUT2D eigenvalue weighted by molar-refractivity contribution is 0.0123. The van der Waals surface area contributed by atoms with Gasteiger partial charge in [0.2, 0.25) is 0 Å². The third-order valence-electron chi connectivity index (χ3n) is 1.95. The lowest BCUT2D eigenvalue weighted by Crippen LogP contribution is -2.18. The van der Waals surface area contributed by atoms with E-state index in [1.54, 1.807) is 11.8 Å². The Kier molecular flexibility index (Phi) is 2.50. The minimum Gasteiger partial charge on any atom is -0.389 e. The third kappa shape index (κ3) is 2.29. The van der Waals surface area contributed by atoms with Crippen LogP contribution in [0.1, 0.15) is 20.3 Å². The molecule has 74 valence electrons. The summed E-state index contributed by atoms with van der Waals surface area (Å²) in [7, 11) is 0. The molecular weight excluding hydrogens is 194 g/mol. The molecule has 0 N–H and O–H groups in total. The molecule has 0 bridgehead atoms. The number of thioether (sulfide) groups is 1. The number of hydrogen-bond donors (Lipinski definition) is 0. The molecule has 1 heterocycles. The van der Waals surface area contributed by atoms with Crippen molar-refractivity contribution in [1.29, 1.82) is 0 Å². The van der Waals surface area contributed by atoms with E-state index in [2.05, 4.69) is 31.1 Å². The average molecular weight is 207 g/mol. The molecule has 0 radical (unpaired) electrons. The number of benzene rings is 1. The van der Waals surface area contributed by atoms with Crippen LogP contribution in [0.15, 0.2) is 40.4 Å². The molecule has 0 fully saturated rings. The summed E-state index contributed by atoms with van der Waals surface area (Å²) in [5.74, 6) is 0. The first-order valence-corrected chi connectivity index (χ1v) is 5.45. The second kappa shape index (κ2) is 3.65. The number of rotatable bonds is 1. The maximum absolute atomic E-state index is 5.29. The number of nitrogens with zero attached hydrogens (tertiary/aromatic N) is 1. The van der Waals surface area contributed by atoms with Crippen molar-refractivity contribution >= 4 is 16.8 Å². The zero-order chi connectivity index (χ0) is 10.0. The summed E-state index contributed by atoms with van der Waals surface area (Å²) in [4.78, 5) is 6.51. The molecule has 2 rings (SSSR count). The quantitative estimate of drug-likeness (QED) is 0.704. The molecule has 1 aromatic carbocycles. The van der Waals surface area contributed by atoms with Crippen molar-refractivity contribution in [2.75, 3.05) is 0 Å². The Morgan fingerprint density at radius 1 is 1.29 bits per heavy atom. The van der Waals surface area contributed by atoms with E-state index >= 15 is 0 Å². The minimum atomic E-state index is -0.128. The van der Waals surface area contributed by atoms with Crippen LogP contribution in [0.25, 0.3) is 0 Å². The zero-order valence-corrected chi connectivity index (χ0v) is 9.17. The van der Waals surface area contributed by atoms with Gasteiger partial charge in [-0.1, -0.05) is 35.1 Å². The van der Waals surface area contributed by atoms with E-state index in [0.29, 0.717) is 0 Å². The molecule has 0 spiro atoms. The molecule has 0 saturated carbocycles. The van der Waals surface area contributed by atoms with E-state index in [0.717, 1.165) is 11.5 Å². The van der Waals surface area contributed by atoms with Gasteiger partial charge in [0.25, 0.3) is 0 Å². The van der Waals surface area contributed by atoms with Gasteiger partial charge in [0, 0.05) is 11.3 Å². The largest absolute Gasteiger partial charge is 0.389 e. The van der Waals surface area contributed by atoms with Crippen LogP contribution in [-0.4, -0.2) is 10.6 Å². The van der Waals surface area contributed by atoms with Gasteiger partial charge < -0.3 is 4.84 Å². The predicted molar refractivity (Wildman–Crippen MR) is 59.5 cm³/mol. The Balaban J connectivity index is 2.01. The van der Waals surface area contributed by atoms with Crippen molar-refractivity contribution in [3.63, 3.8) is 0 Å². The maximum Gasteiger partial charge on any atom is 0.138 e. The fraction of sp³-hybridized carbons (Fsp3) is 0.364. The SMILES string of the molecule is CC1(C)CC(Sc2ccccc2)=NO1. The van der Waals surface area contributed by atoms with Crippen LogP contribution in [0.5, 0.6) is 0 Å². The van der Waals surface area contributed by atoms with E-state index in [1.165, 1.54) is 4.90 Å². The van der Waals surface area contributed by atoms with Gasteiger partial charge >= 0.3 is 0 Å². The summed E-state index contributed by atoms with van der Waals surface area (Å²) in [6, 6.07) is 10.2. The maximum atomic E-state index is 5.29. The zero-order valence-electron chi connectivity index (χ0n) is 8.36. The topological polar surface area (TPSA) is 21.6 Å². The molecule has 1 aliphatic rings. The highest BCUT2D eigenvalue weighted by atomic mass is 32.2. The Morgan fingerprint density at radius 3 is 2.57 bits per heavy atom. The summed E-state index contributed by atoms with van der Waals surface area (Å²) >= 11 is 1.68. The van der Waals surface area contributed by atoms with Gasteiger partial charge in [0.1, 0.15) is 10.6 Å². The molecule has 0 atom stereocenters. The molecule has 2 nitrogen and oxygen atoms in total. The highest BCUT2D eigenvalue weighted by molar-refractivity contribution is 8.14. The molecule has 0 amide bonds. The number of oxime groups is 1. The van der Waals surface area contributed by atoms with Crippen LogP contribution in [-0.2, 0) is 4.84 Å². The Morgan fingerprint density at radius 2 is 2.00 bits per heavy atom. The Hall–Kier alpha value is -0.960. The summed E-state index contributed by atoms with van der Waals surface area (Å²) in [6.45, 7) is 4.10. The van der Waals surface area contributed by atoms with E-state index < -0.39 is 0 Å². The summed E-state index contributed by atoms with van der Waals surface area (Å²) in [6.07, 6.45) is 0.895. The van der Waals surface area contributed by atoms with Gasteiger partial charge in [0.15, 0.2) is 0 Å². The van der Waals surface area contributed by atoms with Crippen molar-refractivity contribution in [2.24, 2.45) is 5.16 Å². The normalized spacial score (nSPS) is 18.9. The van der Waals surface area contributed by atoms with Gasteiger partial charge in [0.05, 0.1) is 0 Å². The first-order chi connectivity index (χ1) is 6.66. The first kappa shape index (κ1) is 9.59. The lowest BCUT2D eigenvalue weighted by atomic mass is 10.1. The molecule has 1 aliphatic heterocycles. The second-order valence-corrected chi connectivity index (χ2v) is 5.07. The smallest absolute Gasteiger partial charge is 0.138 e. The molecular formula is C11H13NOS. The van der Waals surface area contributed by atoms with E-state index in [4.69, 9.17) is 4.84 Å². The minimum absolute atomic E-state index is 0.128. The highest BCUT2D eigenvalue weighted by Gasteiger charge is 2.29. The van der Waals surface area contributed by atoms with Crippen molar-refractivity contribution in [2.45, 2.75) is 30.8 Å². The summed E-state index contributed by atoms with van der Waals surface area (Å²) < 4.78 is 0. The number of hydrogen-bond acceptors (Lipinski definition) is 3. The van der Waals surface area contributed by atoms with Gasteiger partial charge in [-0.15, -0.1) is 0 Å². The van der Waals surface area contributed by atoms with Crippen LogP contribution in [0.4, 0.5) is 0 Å². The summed E-state index contributed by atoms with van der Waals surface area (Å²) in [5.41, 5.74) is -0.128. The molecule has 3 heteroatoms. The van der Waals surface area contributed by atoms with Crippen molar-refractivity contribution in [1.82, 2.24) is 0 Å². The molecule has 14 heavy (non-hydrogen) atoms. The van der Waals surface area contributed by atoms with Crippen LogP contribution in [0.3, 0.4) is 0 Å². The van der Waals surface area contributed by atoms with Crippen LogP contribution >= 0.6 is 11.8 Å². The van der Waals surface area contributed by atoms with Crippen molar-refractivity contribution < 1.29 is 4.84 Å². The lowest BCUT2D eigenvalue weighted by Gasteiger charge is -2.12. The van der Waals surface area contributed by atoms with Gasteiger partial charge in [-0.2, -0.15) is 0 Å². The van der Waals surface area contributed by atoms with Gasteiger partial charge in [-0.25, -0.2) is 0 Å². The van der Waals surface area contributed by atoms with E-state index in [-0.39, 0.29) is 5.60 Å².